The average Bonchev–Trinajstić information content (AvgIpc) is 3.03. The molecule has 144 valence electrons. The van der Waals surface area contributed by atoms with Crippen LogP contribution in [0.1, 0.15) is 12.0 Å². The molecule has 1 amide bonds. The number of hydrogen-bond acceptors (Lipinski definition) is 4. The van der Waals surface area contributed by atoms with E-state index >= 15 is 0 Å². The van der Waals surface area contributed by atoms with Crippen molar-refractivity contribution >= 4 is 45.0 Å². The van der Waals surface area contributed by atoms with Crippen molar-refractivity contribution in [3.8, 4) is 0 Å². The van der Waals surface area contributed by atoms with E-state index in [4.69, 9.17) is 0 Å². The van der Waals surface area contributed by atoms with Gasteiger partial charge < -0.3 is 4.90 Å². The fourth-order valence-corrected chi connectivity index (χ4v) is 3.69. The number of hydrogen-bond donors (Lipinski definition) is 0. The number of amides is 1. The molecule has 0 saturated carbocycles. The second-order valence-corrected chi connectivity index (χ2v) is 7.45. The Bertz CT molecular complexity index is 885. The van der Waals surface area contributed by atoms with Gasteiger partial charge in [-0.15, -0.1) is 12.4 Å². The molecule has 1 aromatic heterocycles. The molecule has 0 unspecified atom stereocenters. The Hall–Kier alpha value is -2.02. The molecule has 0 bridgehead atoms. The molecule has 3 rings (SSSR count). The summed E-state index contributed by atoms with van der Waals surface area (Å²) in [5.41, 5.74) is 1.86. The molecule has 2 aromatic carbocycles. The molecule has 0 aliphatic rings. The van der Waals surface area contributed by atoms with E-state index in [1.54, 1.807) is 11.0 Å². The van der Waals surface area contributed by atoms with E-state index in [0.717, 1.165) is 22.3 Å². The van der Waals surface area contributed by atoms with Crippen molar-refractivity contribution in [3.05, 3.63) is 59.9 Å². The predicted octanol–water partition coefficient (Wildman–Crippen LogP) is 4.38. The molecule has 0 atom stereocenters. The van der Waals surface area contributed by atoms with Crippen molar-refractivity contribution in [2.24, 2.45) is 0 Å². The van der Waals surface area contributed by atoms with Crippen LogP contribution in [0.25, 0.3) is 10.2 Å². The zero-order valence-corrected chi connectivity index (χ0v) is 17.0. The van der Waals surface area contributed by atoms with Gasteiger partial charge in [0.25, 0.3) is 0 Å². The smallest absolute Gasteiger partial charge is 0.229 e. The summed E-state index contributed by atoms with van der Waals surface area (Å²) in [6.07, 6.45) is 1.11. The topological polar surface area (TPSA) is 36.4 Å². The van der Waals surface area contributed by atoms with Gasteiger partial charge in [-0.2, -0.15) is 0 Å². The summed E-state index contributed by atoms with van der Waals surface area (Å²) in [7, 11) is 3.95. The number of likely N-dealkylation sites (N-methyl/N-ethyl adjacent to an activating group) is 1. The number of carbonyl (C=O) groups excluding carboxylic acids is 1. The normalized spacial score (nSPS) is 10.8. The Morgan fingerprint density at radius 3 is 2.56 bits per heavy atom. The number of benzene rings is 2. The van der Waals surface area contributed by atoms with Gasteiger partial charge in [0.2, 0.25) is 5.91 Å². The van der Waals surface area contributed by atoms with Crippen molar-refractivity contribution in [1.29, 1.82) is 0 Å². The fourth-order valence-electron chi connectivity index (χ4n) is 2.66. The number of anilines is 1. The molecule has 0 fully saturated rings. The highest BCUT2D eigenvalue weighted by molar-refractivity contribution is 7.22. The van der Waals surface area contributed by atoms with Gasteiger partial charge in [0.05, 0.1) is 10.2 Å². The minimum atomic E-state index is -0.289. The van der Waals surface area contributed by atoms with Crippen LogP contribution < -0.4 is 4.90 Å². The van der Waals surface area contributed by atoms with Crippen LogP contribution in [0.15, 0.2) is 48.5 Å². The number of carbonyl (C=O) groups is 1. The molecule has 0 radical (unpaired) electrons. The summed E-state index contributed by atoms with van der Waals surface area (Å²) in [6.45, 7) is 1.30. The van der Waals surface area contributed by atoms with Crippen LogP contribution in [-0.2, 0) is 11.2 Å². The average molecular weight is 408 g/mol. The van der Waals surface area contributed by atoms with Crippen LogP contribution in [0.4, 0.5) is 9.52 Å². The summed E-state index contributed by atoms with van der Waals surface area (Å²) in [5, 5.41) is 0.630. The number of aromatic nitrogens is 1. The van der Waals surface area contributed by atoms with Gasteiger partial charge in [-0.3, -0.25) is 9.69 Å². The minimum absolute atomic E-state index is 0. The van der Waals surface area contributed by atoms with Crippen molar-refractivity contribution in [3.63, 3.8) is 0 Å². The molecule has 1 heterocycles. The van der Waals surface area contributed by atoms with Gasteiger partial charge >= 0.3 is 0 Å². The molecular weight excluding hydrogens is 385 g/mol. The van der Waals surface area contributed by atoms with Crippen molar-refractivity contribution in [2.45, 2.75) is 12.8 Å². The second-order valence-electron chi connectivity index (χ2n) is 6.44. The lowest BCUT2D eigenvalue weighted by Gasteiger charge is -2.22. The molecule has 0 saturated heterocycles. The quantitative estimate of drug-likeness (QED) is 0.583. The highest BCUT2D eigenvalue weighted by atomic mass is 35.5. The van der Waals surface area contributed by atoms with Gasteiger partial charge in [-0.25, -0.2) is 9.37 Å². The van der Waals surface area contributed by atoms with E-state index in [1.807, 2.05) is 49.3 Å². The number of halogens is 2. The minimum Gasteiger partial charge on any atom is -0.308 e. The lowest BCUT2D eigenvalue weighted by Crippen LogP contribution is -2.36. The first kappa shape index (κ1) is 21.3. The summed E-state index contributed by atoms with van der Waals surface area (Å²) < 4.78 is 14.2. The van der Waals surface area contributed by atoms with E-state index in [9.17, 15) is 9.18 Å². The summed E-state index contributed by atoms with van der Waals surface area (Å²) in [5.74, 6) is -0.252. The molecular formula is C20H23ClFN3OS. The number of fused-ring (bicyclic) bond motifs is 1. The highest BCUT2D eigenvalue weighted by Crippen LogP contribution is 2.29. The first-order chi connectivity index (χ1) is 12.5. The van der Waals surface area contributed by atoms with Crippen molar-refractivity contribution in [1.82, 2.24) is 9.88 Å². The Balaban J connectivity index is 0.00000261. The Kier molecular flexibility index (Phi) is 7.71. The lowest BCUT2D eigenvalue weighted by molar-refractivity contribution is -0.118. The molecule has 4 nitrogen and oxygen atoms in total. The van der Waals surface area contributed by atoms with Crippen molar-refractivity contribution < 1.29 is 9.18 Å². The van der Waals surface area contributed by atoms with Gasteiger partial charge in [0, 0.05) is 19.5 Å². The number of aryl methyl sites for hydroxylation is 1. The van der Waals surface area contributed by atoms with Crippen LogP contribution in [0.2, 0.25) is 0 Å². The number of nitrogens with zero attached hydrogens (tertiary/aromatic N) is 3. The standard InChI is InChI=1S/C20H22FN3OS.ClH/c1-23(2)12-13-24(19(25)11-8-15-6-4-3-5-7-15)20-22-17-10-9-16(21)14-18(17)26-20;/h3-7,9-10,14H,8,11-13H2,1-2H3;1H. The van der Waals surface area contributed by atoms with Crippen LogP contribution in [0, 0.1) is 5.82 Å². The third kappa shape index (κ3) is 5.73. The highest BCUT2D eigenvalue weighted by Gasteiger charge is 2.20. The van der Waals surface area contributed by atoms with Crippen molar-refractivity contribution in [2.75, 3.05) is 32.1 Å². The molecule has 3 aromatic rings. The Morgan fingerprint density at radius 1 is 1.11 bits per heavy atom. The molecule has 27 heavy (non-hydrogen) atoms. The van der Waals surface area contributed by atoms with Gasteiger partial charge in [-0.1, -0.05) is 41.7 Å². The second kappa shape index (κ2) is 9.78. The molecule has 0 spiro atoms. The van der Waals surface area contributed by atoms with Gasteiger partial charge in [-0.05, 0) is 44.3 Å². The zero-order valence-electron chi connectivity index (χ0n) is 15.4. The monoisotopic (exact) mass is 407 g/mol. The maximum Gasteiger partial charge on any atom is 0.229 e. The largest absolute Gasteiger partial charge is 0.308 e. The predicted molar refractivity (Wildman–Crippen MR) is 112 cm³/mol. The summed E-state index contributed by atoms with van der Waals surface area (Å²) in [4.78, 5) is 21.2. The Morgan fingerprint density at radius 2 is 1.85 bits per heavy atom. The zero-order chi connectivity index (χ0) is 18.5. The molecule has 0 aliphatic heterocycles. The van der Waals surface area contributed by atoms with Gasteiger partial charge in [0.1, 0.15) is 5.82 Å². The lowest BCUT2D eigenvalue weighted by atomic mass is 10.1. The molecule has 0 N–H and O–H groups in total. The van der Waals surface area contributed by atoms with Crippen LogP contribution in [0.5, 0.6) is 0 Å². The fraction of sp³-hybridized carbons (Fsp3) is 0.300. The van der Waals surface area contributed by atoms with E-state index in [2.05, 4.69) is 4.98 Å². The molecule has 7 heteroatoms. The first-order valence-electron chi connectivity index (χ1n) is 8.58. The number of thiazole rings is 1. The summed E-state index contributed by atoms with van der Waals surface area (Å²) >= 11 is 1.36. The van der Waals surface area contributed by atoms with Gasteiger partial charge in [0.15, 0.2) is 5.13 Å². The summed E-state index contributed by atoms with van der Waals surface area (Å²) in [6, 6.07) is 14.5. The molecule has 0 aliphatic carbocycles. The van der Waals surface area contributed by atoms with E-state index in [0.29, 0.717) is 24.5 Å². The maximum absolute atomic E-state index is 13.5. The van der Waals surface area contributed by atoms with Crippen LogP contribution in [-0.4, -0.2) is 43.0 Å². The third-order valence-electron chi connectivity index (χ3n) is 4.11. The van der Waals surface area contributed by atoms with E-state index in [-0.39, 0.29) is 24.1 Å². The first-order valence-corrected chi connectivity index (χ1v) is 9.39. The maximum atomic E-state index is 13.5. The SMILES string of the molecule is CN(C)CCN(C(=O)CCc1ccccc1)c1nc2ccc(F)cc2s1.Cl. The Labute approximate surface area is 169 Å². The third-order valence-corrected chi connectivity index (χ3v) is 5.15. The van der Waals surface area contributed by atoms with E-state index in [1.165, 1.54) is 23.5 Å². The van der Waals surface area contributed by atoms with Crippen LogP contribution in [0.3, 0.4) is 0 Å². The van der Waals surface area contributed by atoms with Crippen LogP contribution >= 0.6 is 23.7 Å². The number of rotatable bonds is 7. The van der Waals surface area contributed by atoms with E-state index < -0.39 is 0 Å².